The number of aryl methyl sites for hydroxylation is 1. The van der Waals surface area contributed by atoms with Crippen LogP contribution < -0.4 is 5.32 Å². The van der Waals surface area contributed by atoms with Gasteiger partial charge in [-0.3, -0.25) is 19.4 Å². The van der Waals surface area contributed by atoms with Gasteiger partial charge in [-0.25, -0.2) is 4.39 Å². The van der Waals surface area contributed by atoms with E-state index in [4.69, 9.17) is 0 Å². The van der Waals surface area contributed by atoms with Crippen molar-refractivity contribution >= 4 is 17.5 Å². The van der Waals surface area contributed by atoms with E-state index in [0.717, 1.165) is 29.7 Å². The first-order chi connectivity index (χ1) is 17.0. The number of nitrogens with one attached hydrogen (secondary N) is 2. The van der Waals surface area contributed by atoms with E-state index in [1.54, 1.807) is 54.5 Å². The number of halogens is 1. The quantitative estimate of drug-likeness (QED) is 0.455. The molecule has 1 fully saturated rings. The number of hydrogen-bond donors (Lipinski definition) is 2. The van der Waals surface area contributed by atoms with Crippen molar-refractivity contribution in [1.82, 2.24) is 24.9 Å². The van der Waals surface area contributed by atoms with Gasteiger partial charge >= 0.3 is 0 Å². The SMILES string of the molecule is Cn1cc(C(=O)Nc2cccc(C(=O)N3CCC[C@H](c4[nH]ncc4-c4cccc(F)c4)C3)c2)cn1. The lowest BCUT2D eigenvalue weighted by atomic mass is 9.90. The predicted octanol–water partition coefficient (Wildman–Crippen LogP) is 4.22. The van der Waals surface area contributed by atoms with Gasteiger partial charge in [0.25, 0.3) is 11.8 Å². The number of aromatic amines is 1. The maximum Gasteiger partial charge on any atom is 0.258 e. The molecule has 0 saturated carbocycles. The summed E-state index contributed by atoms with van der Waals surface area (Å²) >= 11 is 0. The number of hydrogen-bond acceptors (Lipinski definition) is 4. The fraction of sp³-hybridized carbons (Fsp3) is 0.231. The Morgan fingerprint density at radius 2 is 1.97 bits per heavy atom. The van der Waals surface area contributed by atoms with E-state index >= 15 is 0 Å². The van der Waals surface area contributed by atoms with Crippen LogP contribution in [0.2, 0.25) is 0 Å². The molecule has 5 rings (SSSR count). The summed E-state index contributed by atoms with van der Waals surface area (Å²) in [4.78, 5) is 27.6. The van der Waals surface area contributed by atoms with Gasteiger partial charge in [-0.15, -0.1) is 0 Å². The molecule has 1 atom stereocenters. The zero-order chi connectivity index (χ0) is 24.4. The first-order valence-electron chi connectivity index (χ1n) is 11.5. The number of piperidine rings is 1. The Labute approximate surface area is 201 Å². The van der Waals surface area contributed by atoms with Crippen LogP contribution in [0.15, 0.2) is 67.1 Å². The summed E-state index contributed by atoms with van der Waals surface area (Å²) in [5.74, 6) is -0.628. The number of benzene rings is 2. The highest BCUT2D eigenvalue weighted by atomic mass is 19.1. The molecule has 0 spiro atoms. The van der Waals surface area contributed by atoms with Crippen molar-refractivity contribution in [2.45, 2.75) is 18.8 Å². The summed E-state index contributed by atoms with van der Waals surface area (Å²) in [6, 6.07) is 13.4. The van der Waals surface area contributed by atoms with Gasteiger partial charge in [0.1, 0.15) is 5.82 Å². The fourth-order valence-electron chi connectivity index (χ4n) is 4.54. The van der Waals surface area contributed by atoms with Gasteiger partial charge in [0.15, 0.2) is 0 Å². The highest BCUT2D eigenvalue weighted by molar-refractivity contribution is 6.04. The van der Waals surface area contributed by atoms with Crippen LogP contribution in [0.25, 0.3) is 11.1 Å². The Hall–Kier alpha value is -4.27. The number of carbonyl (C=O) groups is 2. The molecular weight excluding hydrogens is 447 g/mol. The molecular formula is C26H25FN6O2. The largest absolute Gasteiger partial charge is 0.338 e. The van der Waals surface area contributed by atoms with E-state index in [-0.39, 0.29) is 23.5 Å². The van der Waals surface area contributed by atoms with E-state index in [9.17, 15) is 14.0 Å². The predicted molar refractivity (Wildman–Crippen MR) is 129 cm³/mol. The molecule has 4 aromatic rings. The maximum absolute atomic E-state index is 13.8. The Morgan fingerprint density at radius 3 is 2.77 bits per heavy atom. The minimum absolute atomic E-state index is 0.0573. The number of rotatable bonds is 5. The summed E-state index contributed by atoms with van der Waals surface area (Å²) in [6.45, 7) is 1.17. The third-order valence-corrected chi connectivity index (χ3v) is 6.26. The van der Waals surface area contributed by atoms with E-state index in [1.165, 1.54) is 18.3 Å². The molecule has 178 valence electrons. The first kappa shape index (κ1) is 22.5. The average Bonchev–Trinajstić information content (AvgIpc) is 3.53. The van der Waals surface area contributed by atoms with Crippen LogP contribution in [0.4, 0.5) is 10.1 Å². The number of H-pyrrole nitrogens is 1. The lowest BCUT2D eigenvalue weighted by molar-refractivity contribution is 0.0705. The second-order valence-electron chi connectivity index (χ2n) is 8.74. The van der Waals surface area contributed by atoms with E-state index < -0.39 is 0 Å². The normalized spacial score (nSPS) is 15.7. The van der Waals surface area contributed by atoms with Crippen molar-refractivity contribution in [3.8, 4) is 11.1 Å². The molecule has 0 unspecified atom stereocenters. The molecule has 0 radical (unpaired) electrons. The monoisotopic (exact) mass is 472 g/mol. The van der Waals surface area contributed by atoms with Gasteiger partial charge in [-0.2, -0.15) is 10.2 Å². The van der Waals surface area contributed by atoms with Gasteiger partial charge in [0.2, 0.25) is 0 Å². The highest BCUT2D eigenvalue weighted by Gasteiger charge is 2.28. The van der Waals surface area contributed by atoms with E-state index in [1.807, 2.05) is 11.0 Å². The second-order valence-corrected chi connectivity index (χ2v) is 8.74. The standard InChI is InChI=1S/C26H25FN6O2/c1-32-15-20(13-29-32)25(34)30-22-9-3-6-18(12-22)26(35)33-10-4-7-19(16-33)24-23(14-28-31-24)17-5-2-8-21(27)11-17/h2-3,5-6,8-9,11-15,19H,4,7,10,16H2,1H3,(H,28,31)(H,30,34)/t19-/m0/s1. The van der Waals surface area contributed by atoms with Gasteiger partial charge in [-0.1, -0.05) is 18.2 Å². The van der Waals surface area contributed by atoms with Gasteiger partial charge in [0.05, 0.1) is 18.0 Å². The third-order valence-electron chi connectivity index (χ3n) is 6.26. The minimum Gasteiger partial charge on any atom is -0.338 e. The van der Waals surface area contributed by atoms with Crippen LogP contribution in [-0.4, -0.2) is 49.8 Å². The van der Waals surface area contributed by atoms with Crippen molar-refractivity contribution in [3.05, 3.63) is 89.8 Å². The first-order valence-corrected chi connectivity index (χ1v) is 11.5. The summed E-state index contributed by atoms with van der Waals surface area (Å²) in [7, 11) is 1.74. The lowest BCUT2D eigenvalue weighted by Gasteiger charge is -2.33. The third kappa shape index (κ3) is 4.84. The highest BCUT2D eigenvalue weighted by Crippen LogP contribution is 2.33. The number of amides is 2. The minimum atomic E-state index is -0.300. The van der Waals surface area contributed by atoms with Crippen LogP contribution in [0.1, 0.15) is 45.2 Å². The molecule has 1 saturated heterocycles. The summed E-state index contributed by atoms with van der Waals surface area (Å²) in [5, 5.41) is 14.1. The molecule has 8 nitrogen and oxygen atoms in total. The molecule has 2 aromatic heterocycles. The number of nitrogens with zero attached hydrogens (tertiary/aromatic N) is 4. The Balaban J connectivity index is 1.31. The molecule has 3 heterocycles. The Morgan fingerprint density at radius 1 is 1.11 bits per heavy atom. The van der Waals surface area contributed by atoms with Crippen LogP contribution >= 0.6 is 0 Å². The number of carbonyl (C=O) groups excluding carboxylic acids is 2. The maximum atomic E-state index is 13.8. The number of anilines is 1. The van der Waals surface area contributed by atoms with Crippen LogP contribution in [-0.2, 0) is 7.05 Å². The van der Waals surface area contributed by atoms with Crippen molar-refractivity contribution in [3.63, 3.8) is 0 Å². The molecule has 9 heteroatoms. The molecule has 2 N–H and O–H groups in total. The topological polar surface area (TPSA) is 95.9 Å². The molecule has 0 bridgehead atoms. The summed E-state index contributed by atoms with van der Waals surface area (Å²) in [6.07, 6.45) is 6.57. The Bertz CT molecular complexity index is 1380. The second kappa shape index (κ2) is 9.54. The molecule has 2 aromatic carbocycles. The van der Waals surface area contributed by atoms with Gasteiger partial charge in [0, 0.05) is 54.8 Å². The van der Waals surface area contributed by atoms with Crippen LogP contribution in [0.5, 0.6) is 0 Å². The summed E-state index contributed by atoms with van der Waals surface area (Å²) in [5.41, 5.74) is 4.00. The zero-order valence-electron chi connectivity index (χ0n) is 19.2. The molecule has 35 heavy (non-hydrogen) atoms. The average molecular weight is 473 g/mol. The van der Waals surface area contributed by atoms with Crippen molar-refractivity contribution in [2.75, 3.05) is 18.4 Å². The number of likely N-dealkylation sites (tertiary alicyclic amines) is 1. The molecule has 0 aliphatic carbocycles. The van der Waals surface area contributed by atoms with Gasteiger partial charge in [-0.05, 0) is 48.7 Å². The van der Waals surface area contributed by atoms with Gasteiger partial charge < -0.3 is 10.2 Å². The fourth-order valence-corrected chi connectivity index (χ4v) is 4.54. The lowest BCUT2D eigenvalue weighted by Crippen LogP contribution is -2.39. The van der Waals surface area contributed by atoms with Crippen molar-refractivity contribution in [2.24, 2.45) is 7.05 Å². The van der Waals surface area contributed by atoms with E-state index in [0.29, 0.717) is 29.9 Å². The zero-order valence-corrected chi connectivity index (χ0v) is 19.2. The molecule has 1 aliphatic heterocycles. The smallest absolute Gasteiger partial charge is 0.258 e. The van der Waals surface area contributed by atoms with Crippen molar-refractivity contribution < 1.29 is 14.0 Å². The Kier molecular flexibility index (Phi) is 6.13. The van der Waals surface area contributed by atoms with E-state index in [2.05, 4.69) is 20.6 Å². The van der Waals surface area contributed by atoms with Crippen LogP contribution in [0.3, 0.4) is 0 Å². The molecule has 2 amide bonds. The summed E-state index contributed by atoms with van der Waals surface area (Å²) < 4.78 is 15.3. The molecule has 1 aliphatic rings. The number of aromatic nitrogens is 4. The van der Waals surface area contributed by atoms with Crippen molar-refractivity contribution in [1.29, 1.82) is 0 Å². The van der Waals surface area contributed by atoms with Crippen LogP contribution in [0, 0.1) is 5.82 Å².